The topological polar surface area (TPSA) is 47.5 Å². The van der Waals surface area contributed by atoms with Crippen LogP contribution >= 0.6 is 23.5 Å². The normalized spacial score (nSPS) is 16.0. The van der Waals surface area contributed by atoms with E-state index in [9.17, 15) is 0 Å². The van der Waals surface area contributed by atoms with Crippen LogP contribution in [0.15, 0.2) is 18.2 Å². The van der Waals surface area contributed by atoms with E-state index in [0.717, 1.165) is 61.1 Å². The molecule has 1 aliphatic heterocycles. The van der Waals surface area contributed by atoms with Crippen molar-refractivity contribution < 1.29 is 0 Å². The van der Waals surface area contributed by atoms with Gasteiger partial charge in [0.25, 0.3) is 0 Å². The number of aromatic nitrogens is 2. The Balaban J connectivity index is 1.84. The summed E-state index contributed by atoms with van der Waals surface area (Å²) in [6.07, 6.45) is 0. The van der Waals surface area contributed by atoms with E-state index in [1.807, 2.05) is 18.2 Å². The zero-order valence-corrected chi connectivity index (χ0v) is 16.6. The highest BCUT2D eigenvalue weighted by Gasteiger charge is 2.18. The highest BCUT2D eigenvalue weighted by atomic mass is 35.5. The smallest absolute Gasteiger partial charge is 0.227 e. The molecule has 136 valence electrons. The fourth-order valence-electron chi connectivity index (χ4n) is 2.77. The Morgan fingerprint density at radius 3 is 2.68 bits per heavy atom. The fourth-order valence-corrected chi connectivity index (χ4v) is 3.50. The van der Waals surface area contributed by atoms with E-state index in [4.69, 9.17) is 21.6 Å². The number of fused-ring (bicyclic) bond motifs is 1. The van der Waals surface area contributed by atoms with Gasteiger partial charge >= 0.3 is 0 Å². The third-order valence-electron chi connectivity index (χ3n) is 4.18. The lowest BCUT2D eigenvalue weighted by atomic mass is 10.2. The number of rotatable bonds is 6. The van der Waals surface area contributed by atoms with Crippen LogP contribution in [-0.2, 0) is 0 Å². The number of halogens is 1. The number of hydrogen-bond acceptors (Lipinski definition) is 7. The molecule has 6 nitrogen and oxygen atoms in total. The first-order valence-electron chi connectivity index (χ1n) is 8.48. The number of benzene rings is 1. The van der Waals surface area contributed by atoms with Crippen molar-refractivity contribution in [2.45, 2.75) is 0 Å². The minimum Gasteiger partial charge on any atom is -0.369 e. The molecule has 8 heteroatoms. The van der Waals surface area contributed by atoms with Crippen LogP contribution in [0.4, 0.5) is 11.8 Å². The maximum absolute atomic E-state index is 6.19. The molecule has 0 amide bonds. The maximum atomic E-state index is 6.19. The Morgan fingerprint density at radius 1 is 1.20 bits per heavy atom. The quantitative estimate of drug-likeness (QED) is 0.610. The van der Waals surface area contributed by atoms with Gasteiger partial charge in [-0.05, 0) is 39.3 Å². The van der Waals surface area contributed by atoms with Crippen molar-refractivity contribution in [2.75, 3.05) is 69.8 Å². The van der Waals surface area contributed by atoms with Crippen LogP contribution in [0.5, 0.6) is 0 Å². The van der Waals surface area contributed by atoms with E-state index in [-0.39, 0.29) is 0 Å². The minimum absolute atomic E-state index is 0.703. The third kappa shape index (κ3) is 4.88. The molecule has 1 saturated heterocycles. The number of nitrogens with zero attached hydrogens (tertiary/aromatic N) is 5. The first-order valence-corrected chi connectivity index (χ1v) is 9.80. The zero-order valence-electron chi connectivity index (χ0n) is 15.0. The van der Waals surface area contributed by atoms with Crippen LogP contribution in [0.25, 0.3) is 10.9 Å². The predicted octanol–water partition coefficient (Wildman–Crippen LogP) is 2.66. The second-order valence-corrected chi connectivity index (χ2v) is 8.23. The molecular weight excluding hydrogens is 356 g/mol. The van der Waals surface area contributed by atoms with Crippen molar-refractivity contribution in [3.05, 3.63) is 23.2 Å². The molecular formula is C17H25ClN6S. The first-order chi connectivity index (χ1) is 12.0. The summed E-state index contributed by atoms with van der Waals surface area (Å²) in [5.74, 6) is 2.63. The first kappa shape index (κ1) is 18.5. The van der Waals surface area contributed by atoms with Crippen molar-refractivity contribution in [3.8, 4) is 0 Å². The van der Waals surface area contributed by atoms with Gasteiger partial charge in [-0.2, -0.15) is 4.98 Å². The molecule has 1 N–H and O–H groups in total. The molecule has 3 rings (SSSR count). The van der Waals surface area contributed by atoms with Crippen LogP contribution in [-0.4, -0.2) is 78.8 Å². The monoisotopic (exact) mass is 380 g/mol. The van der Waals surface area contributed by atoms with E-state index in [2.05, 4.69) is 40.6 Å². The fraction of sp³-hybridized carbons (Fsp3) is 0.529. The van der Waals surface area contributed by atoms with Crippen LogP contribution in [0.2, 0.25) is 5.02 Å². The molecule has 1 aromatic carbocycles. The highest BCUT2D eigenvalue weighted by Crippen LogP contribution is 2.27. The predicted molar refractivity (Wildman–Crippen MR) is 109 cm³/mol. The molecule has 0 atom stereocenters. The van der Waals surface area contributed by atoms with Crippen molar-refractivity contribution in [3.63, 3.8) is 0 Å². The Hall–Kier alpha value is -1.28. The Morgan fingerprint density at radius 2 is 1.96 bits per heavy atom. The van der Waals surface area contributed by atoms with Gasteiger partial charge in [0.15, 0.2) is 0 Å². The van der Waals surface area contributed by atoms with E-state index in [0.29, 0.717) is 5.02 Å². The van der Waals surface area contributed by atoms with Crippen LogP contribution in [0, 0.1) is 0 Å². The summed E-state index contributed by atoms with van der Waals surface area (Å²) < 4.78 is 2.10. The Kier molecular flexibility index (Phi) is 6.22. The van der Waals surface area contributed by atoms with Crippen LogP contribution in [0.1, 0.15) is 0 Å². The molecule has 0 radical (unpaired) electrons. The number of nitrogens with one attached hydrogen (secondary N) is 1. The van der Waals surface area contributed by atoms with Gasteiger partial charge in [0.05, 0.1) is 5.52 Å². The van der Waals surface area contributed by atoms with Gasteiger partial charge < -0.3 is 15.1 Å². The van der Waals surface area contributed by atoms with Gasteiger partial charge in [0, 0.05) is 48.9 Å². The lowest BCUT2D eigenvalue weighted by Gasteiger charge is -2.32. The van der Waals surface area contributed by atoms with E-state index in [1.165, 1.54) is 0 Å². The second kappa shape index (κ2) is 8.40. The molecule has 25 heavy (non-hydrogen) atoms. The number of anilines is 2. The molecule has 1 aromatic heterocycles. The molecule has 1 aliphatic rings. The van der Waals surface area contributed by atoms with Crippen molar-refractivity contribution in [1.29, 1.82) is 0 Å². The second-order valence-electron chi connectivity index (χ2n) is 6.40. The molecule has 0 aliphatic carbocycles. The lowest BCUT2D eigenvalue weighted by Crippen LogP contribution is -2.45. The molecule has 1 fully saturated rings. The molecule has 2 heterocycles. The van der Waals surface area contributed by atoms with E-state index >= 15 is 0 Å². The van der Waals surface area contributed by atoms with Crippen molar-refractivity contribution in [2.24, 2.45) is 0 Å². The summed E-state index contributed by atoms with van der Waals surface area (Å²) >= 11 is 7.96. The highest BCUT2D eigenvalue weighted by molar-refractivity contribution is 7.97. The maximum Gasteiger partial charge on any atom is 0.227 e. The van der Waals surface area contributed by atoms with Gasteiger partial charge in [-0.1, -0.05) is 23.5 Å². The third-order valence-corrected chi connectivity index (χ3v) is 5.31. The Labute approximate surface area is 158 Å². The molecule has 0 saturated carbocycles. The molecule has 0 spiro atoms. The lowest BCUT2D eigenvalue weighted by molar-refractivity contribution is 0.311. The molecule has 2 aromatic rings. The van der Waals surface area contributed by atoms with Gasteiger partial charge in [-0.3, -0.25) is 4.31 Å². The average molecular weight is 381 g/mol. The summed E-state index contributed by atoms with van der Waals surface area (Å²) in [6, 6.07) is 5.79. The molecule has 0 unspecified atom stereocenters. The zero-order chi connectivity index (χ0) is 17.8. The van der Waals surface area contributed by atoms with Crippen LogP contribution in [0.3, 0.4) is 0 Å². The number of hydrogen-bond donors (Lipinski definition) is 1. The van der Waals surface area contributed by atoms with Crippen LogP contribution < -0.4 is 10.2 Å². The van der Waals surface area contributed by atoms with E-state index < -0.39 is 0 Å². The standard InChI is InChI=1S/C17H25ClN6S/c1-22(2)25-11-6-19-16-14-12-13(18)4-5-15(14)20-17(21-16)24-9-7-23(3)8-10-24/h4-5,12H,6-11H2,1-3H3,(H,19,20,21). The van der Waals surface area contributed by atoms with Gasteiger partial charge in [0.1, 0.15) is 5.82 Å². The van der Waals surface area contributed by atoms with Crippen molar-refractivity contribution in [1.82, 2.24) is 19.2 Å². The number of piperazine rings is 1. The summed E-state index contributed by atoms with van der Waals surface area (Å²) in [5, 5.41) is 5.14. The van der Waals surface area contributed by atoms with E-state index in [1.54, 1.807) is 11.9 Å². The van der Waals surface area contributed by atoms with Gasteiger partial charge in [-0.15, -0.1) is 0 Å². The van der Waals surface area contributed by atoms with Crippen molar-refractivity contribution >= 4 is 46.2 Å². The number of likely N-dealkylation sites (N-methyl/N-ethyl adjacent to an activating group) is 1. The average Bonchev–Trinajstić information content (AvgIpc) is 2.59. The summed E-state index contributed by atoms with van der Waals surface area (Å²) in [7, 11) is 6.25. The molecule has 0 bridgehead atoms. The largest absolute Gasteiger partial charge is 0.369 e. The SMILES string of the molecule is CN1CCN(c2nc(NCCSN(C)C)c3cc(Cl)ccc3n2)CC1. The summed E-state index contributed by atoms with van der Waals surface area (Å²) in [5.41, 5.74) is 0.927. The summed E-state index contributed by atoms with van der Waals surface area (Å²) in [6.45, 7) is 4.80. The summed E-state index contributed by atoms with van der Waals surface area (Å²) in [4.78, 5) is 14.2. The minimum atomic E-state index is 0.703. The Bertz CT molecular complexity index is 718. The van der Waals surface area contributed by atoms with Gasteiger partial charge in [-0.25, -0.2) is 4.98 Å². The van der Waals surface area contributed by atoms with Gasteiger partial charge in [0.2, 0.25) is 5.95 Å².